The summed E-state index contributed by atoms with van der Waals surface area (Å²) in [6, 6.07) is 12.2. The number of benzene rings is 2. The number of nitrogens with zero attached hydrogens (tertiary/aromatic N) is 1. The van der Waals surface area contributed by atoms with Crippen molar-refractivity contribution in [2.45, 2.75) is 13.0 Å². The van der Waals surface area contributed by atoms with Crippen molar-refractivity contribution in [2.75, 3.05) is 7.11 Å². The molecule has 0 radical (unpaired) electrons. The fourth-order valence-corrected chi connectivity index (χ4v) is 2.09. The predicted molar refractivity (Wildman–Crippen MR) is 85.7 cm³/mol. The highest BCUT2D eigenvalue weighted by Gasteiger charge is 2.17. The molecule has 22 heavy (non-hydrogen) atoms. The number of methoxy groups -OCH3 is 1. The van der Waals surface area contributed by atoms with Crippen LogP contribution in [0.4, 0.5) is 5.69 Å². The van der Waals surface area contributed by atoms with Crippen LogP contribution in [-0.4, -0.2) is 17.1 Å². The maximum Gasteiger partial charge on any atom is 0.275 e. The van der Waals surface area contributed by atoms with E-state index >= 15 is 0 Å². The van der Waals surface area contributed by atoms with E-state index < -0.39 is 11.0 Å². The normalized spacial score (nSPS) is 12.3. The molecule has 0 aliphatic carbocycles. The first-order valence-electron chi connectivity index (χ1n) is 6.80. The zero-order valence-electron chi connectivity index (χ0n) is 12.4. The number of nitro groups is 1. The first-order chi connectivity index (χ1) is 10.5. The molecule has 0 aromatic heterocycles. The average molecular weight is 299 g/mol. The van der Waals surface area contributed by atoms with E-state index in [1.165, 1.54) is 13.0 Å². The Morgan fingerprint density at radius 1 is 1.14 bits per heavy atom. The fourth-order valence-electron chi connectivity index (χ4n) is 2.09. The molecule has 1 unspecified atom stereocenters. The quantitative estimate of drug-likeness (QED) is 0.517. The summed E-state index contributed by atoms with van der Waals surface area (Å²) in [5.74, 6) is 0.781. The van der Waals surface area contributed by atoms with E-state index in [1.54, 1.807) is 19.2 Å². The molecule has 114 valence electrons. The van der Waals surface area contributed by atoms with Crippen LogP contribution in [0.25, 0.3) is 12.2 Å². The topological polar surface area (TPSA) is 72.6 Å². The van der Waals surface area contributed by atoms with Crippen molar-refractivity contribution in [3.63, 3.8) is 0 Å². The smallest absolute Gasteiger partial charge is 0.275 e. The summed E-state index contributed by atoms with van der Waals surface area (Å²) < 4.78 is 5.09. The van der Waals surface area contributed by atoms with E-state index in [0.717, 1.165) is 16.9 Å². The van der Waals surface area contributed by atoms with Crippen molar-refractivity contribution < 1.29 is 14.8 Å². The number of aliphatic hydroxyl groups excluding tert-OH is 1. The summed E-state index contributed by atoms with van der Waals surface area (Å²) >= 11 is 0. The van der Waals surface area contributed by atoms with Crippen LogP contribution in [0.5, 0.6) is 5.75 Å². The van der Waals surface area contributed by atoms with Gasteiger partial charge in [0.1, 0.15) is 5.75 Å². The van der Waals surface area contributed by atoms with Crippen LogP contribution < -0.4 is 4.74 Å². The Labute approximate surface area is 128 Å². The molecule has 0 aliphatic rings. The minimum Gasteiger partial charge on any atom is -0.497 e. The van der Waals surface area contributed by atoms with Crippen LogP contribution in [-0.2, 0) is 0 Å². The van der Waals surface area contributed by atoms with Gasteiger partial charge in [-0.15, -0.1) is 0 Å². The number of rotatable bonds is 5. The summed E-state index contributed by atoms with van der Waals surface area (Å²) in [7, 11) is 1.61. The van der Waals surface area contributed by atoms with Gasteiger partial charge < -0.3 is 9.84 Å². The third kappa shape index (κ3) is 3.71. The maximum atomic E-state index is 10.9. The molecular formula is C17H17NO4. The molecule has 0 saturated carbocycles. The number of nitro benzene ring substituents is 1. The molecule has 1 N–H and O–H groups in total. The second-order valence-electron chi connectivity index (χ2n) is 4.86. The van der Waals surface area contributed by atoms with Gasteiger partial charge in [-0.3, -0.25) is 10.1 Å². The molecule has 0 aliphatic heterocycles. The van der Waals surface area contributed by atoms with Crippen LogP contribution >= 0.6 is 0 Å². The van der Waals surface area contributed by atoms with Gasteiger partial charge in [0, 0.05) is 6.07 Å². The number of aliphatic hydroxyl groups is 1. The minimum absolute atomic E-state index is 0.0726. The summed E-state index contributed by atoms with van der Waals surface area (Å²) in [5, 5.41) is 20.6. The number of ether oxygens (including phenoxy) is 1. The van der Waals surface area contributed by atoms with E-state index in [1.807, 2.05) is 36.4 Å². The Morgan fingerprint density at radius 3 is 2.27 bits per heavy atom. The van der Waals surface area contributed by atoms with Gasteiger partial charge >= 0.3 is 0 Å². The van der Waals surface area contributed by atoms with E-state index in [2.05, 4.69) is 0 Å². The van der Waals surface area contributed by atoms with Gasteiger partial charge in [0.25, 0.3) is 5.69 Å². The SMILES string of the molecule is COc1ccc(/C=C/c2ccc([N+](=O)[O-])c(C(C)O)c2)cc1. The minimum atomic E-state index is -0.894. The lowest BCUT2D eigenvalue weighted by atomic mass is 10.0. The van der Waals surface area contributed by atoms with Crippen molar-refractivity contribution >= 4 is 17.8 Å². The molecule has 5 heteroatoms. The molecule has 2 aromatic rings. The molecule has 0 bridgehead atoms. The van der Waals surface area contributed by atoms with E-state index in [0.29, 0.717) is 5.56 Å². The molecule has 0 heterocycles. The molecule has 0 amide bonds. The van der Waals surface area contributed by atoms with Crippen molar-refractivity contribution in [3.05, 3.63) is 69.3 Å². The molecule has 0 saturated heterocycles. The van der Waals surface area contributed by atoms with E-state index in [4.69, 9.17) is 4.74 Å². The highest BCUT2D eigenvalue weighted by atomic mass is 16.6. The highest BCUT2D eigenvalue weighted by Crippen LogP contribution is 2.26. The fraction of sp³-hybridized carbons (Fsp3) is 0.176. The van der Waals surface area contributed by atoms with Gasteiger partial charge in [-0.1, -0.05) is 24.3 Å². The summed E-state index contributed by atoms with van der Waals surface area (Å²) in [6.45, 7) is 1.51. The van der Waals surface area contributed by atoms with Gasteiger partial charge in [0.15, 0.2) is 0 Å². The zero-order chi connectivity index (χ0) is 16.1. The standard InChI is InChI=1S/C17H17NO4/c1-12(19)16-11-14(7-10-17(16)18(20)21)4-3-13-5-8-15(22-2)9-6-13/h3-12,19H,1-2H3/b4-3+. The van der Waals surface area contributed by atoms with E-state index in [-0.39, 0.29) is 5.69 Å². The van der Waals surface area contributed by atoms with Crippen molar-refractivity contribution in [2.24, 2.45) is 0 Å². The molecular weight excluding hydrogens is 282 g/mol. The molecule has 0 spiro atoms. The van der Waals surface area contributed by atoms with Gasteiger partial charge in [0.05, 0.1) is 23.7 Å². The van der Waals surface area contributed by atoms with Crippen molar-refractivity contribution in [3.8, 4) is 5.75 Å². The molecule has 2 rings (SSSR count). The van der Waals surface area contributed by atoms with Gasteiger partial charge in [-0.05, 0) is 42.3 Å². The van der Waals surface area contributed by atoms with Gasteiger partial charge in [-0.25, -0.2) is 0 Å². The number of hydrogen-bond acceptors (Lipinski definition) is 4. The monoisotopic (exact) mass is 299 g/mol. The van der Waals surface area contributed by atoms with Crippen LogP contribution in [0.15, 0.2) is 42.5 Å². The van der Waals surface area contributed by atoms with E-state index in [9.17, 15) is 15.2 Å². The Hall–Kier alpha value is -2.66. The van der Waals surface area contributed by atoms with Gasteiger partial charge in [0.2, 0.25) is 0 Å². The second-order valence-corrected chi connectivity index (χ2v) is 4.86. The van der Waals surface area contributed by atoms with Gasteiger partial charge in [-0.2, -0.15) is 0 Å². The highest BCUT2D eigenvalue weighted by molar-refractivity contribution is 5.71. The van der Waals surface area contributed by atoms with Crippen LogP contribution in [0.2, 0.25) is 0 Å². The molecule has 1 atom stereocenters. The molecule has 5 nitrogen and oxygen atoms in total. The second kappa shape index (κ2) is 6.87. The average Bonchev–Trinajstić information content (AvgIpc) is 2.53. The van der Waals surface area contributed by atoms with Crippen molar-refractivity contribution in [1.29, 1.82) is 0 Å². The third-order valence-electron chi connectivity index (χ3n) is 3.28. The van der Waals surface area contributed by atoms with Crippen LogP contribution in [0, 0.1) is 10.1 Å². The summed E-state index contributed by atoms with van der Waals surface area (Å²) in [6.07, 6.45) is 2.85. The Morgan fingerprint density at radius 2 is 1.73 bits per heavy atom. The lowest BCUT2D eigenvalue weighted by Crippen LogP contribution is -1.99. The van der Waals surface area contributed by atoms with Crippen LogP contribution in [0.1, 0.15) is 29.7 Å². The summed E-state index contributed by atoms with van der Waals surface area (Å²) in [4.78, 5) is 10.5. The molecule has 0 fully saturated rings. The first-order valence-corrected chi connectivity index (χ1v) is 6.80. The summed E-state index contributed by atoms with van der Waals surface area (Å²) in [5.41, 5.74) is 2.01. The predicted octanol–water partition coefficient (Wildman–Crippen LogP) is 3.83. The Bertz CT molecular complexity index is 690. The first kappa shape index (κ1) is 15.7. The Balaban J connectivity index is 2.27. The lowest BCUT2D eigenvalue weighted by molar-refractivity contribution is -0.386. The zero-order valence-corrected chi connectivity index (χ0v) is 12.4. The number of hydrogen-bond donors (Lipinski definition) is 1. The Kier molecular flexibility index (Phi) is 4.91. The third-order valence-corrected chi connectivity index (χ3v) is 3.28. The molecule has 2 aromatic carbocycles. The maximum absolute atomic E-state index is 10.9. The lowest BCUT2D eigenvalue weighted by Gasteiger charge is -2.06. The largest absolute Gasteiger partial charge is 0.497 e. The van der Waals surface area contributed by atoms with Crippen molar-refractivity contribution in [1.82, 2.24) is 0 Å². The van der Waals surface area contributed by atoms with Crippen LogP contribution in [0.3, 0.4) is 0 Å².